The van der Waals surface area contributed by atoms with E-state index in [4.69, 9.17) is 14.7 Å². The Balaban J connectivity index is 1.58. The predicted molar refractivity (Wildman–Crippen MR) is 155 cm³/mol. The van der Waals surface area contributed by atoms with Crippen molar-refractivity contribution in [3.05, 3.63) is 66.4 Å². The van der Waals surface area contributed by atoms with Crippen LogP contribution in [-0.4, -0.2) is 85.1 Å². The fourth-order valence-corrected chi connectivity index (χ4v) is 5.06. The largest absolute Gasteiger partial charge is 0.459 e. The molecule has 8 heteroatoms. The fraction of sp³-hybridized carbons (Fsp3) is 0.433. The summed E-state index contributed by atoms with van der Waals surface area (Å²) in [6.07, 6.45) is 2.91. The second kappa shape index (κ2) is 12.7. The first-order valence-corrected chi connectivity index (χ1v) is 13.5. The number of hydrogen-bond donors (Lipinski definition) is 1. The third-order valence-electron chi connectivity index (χ3n) is 6.86. The van der Waals surface area contributed by atoms with Crippen molar-refractivity contribution in [3.8, 4) is 6.01 Å². The molecule has 2 aromatic carbocycles. The summed E-state index contributed by atoms with van der Waals surface area (Å²) in [6, 6.07) is 15.2. The average Bonchev–Trinajstić information content (AvgIpc) is 2.92. The Hall–Kier alpha value is -3.65. The van der Waals surface area contributed by atoms with Crippen molar-refractivity contribution in [1.82, 2.24) is 19.8 Å². The number of ether oxygens (including phenoxy) is 1. The summed E-state index contributed by atoms with van der Waals surface area (Å²) in [6.45, 7) is 12.0. The summed E-state index contributed by atoms with van der Waals surface area (Å²) in [7, 11) is 4.05. The number of amides is 1. The number of carbonyl (C=O) groups is 1. The monoisotopic (exact) mass is 516 g/mol. The lowest BCUT2D eigenvalue weighted by atomic mass is 10.1. The third-order valence-corrected chi connectivity index (χ3v) is 6.86. The average molecular weight is 517 g/mol. The molecule has 1 atom stereocenters. The molecule has 0 aliphatic carbocycles. The van der Waals surface area contributed by atoms with Crippen molar-refractivity contribution < 1.29 is 9.53 Å². The molecule has 202 valence electrons. The first kappa shape index (κ1) is 27.4. The minimum atomic E-state index is -0.0384. The molecule has 38 heavy (non-hydrogen) atoms. The zero-order valence-corrected chi connectivity index (χ0v) is 23.1. The predicted octanol–water partition coefficient (Wildman–Crippen LogP) is 4.01. The Morgan fingerprint density at radius 1 is 1.13 bits per heavy atom. The van der Waals surface area contributed by atoms with Crippen LogP contribution in [0.15, 0.2) is 55.1 Å². The zero-order valence-electron chi connectivity index (χ0n) is 23.1. The van der Waals surface area contributed by atoms with Crippen molar-refractivity contribution >= 4 is 28.2 Å². The van der Waals surface area contributed by atoms with Crippen molar-refractivity contribution in [2.45, 2.75) is 32.8 Å². The fourth-order valence-electron chi connectivity index (χ4n) is 5.06. The Morgan fingerprint density at radius 3 is 2.58 bits per heavy atom. The molecule has 1 fully saturated rings. The quantitative estimate of drug-likeness (QED) is 0.386. The molecular formula is C30H40N6O2. The summed E-state index contributed by atoms with van der Waals surface area (Å²) in [5, 5.41) is 6.07. The summed E-state index contributed by atoms with van der Waals surface area (Å²) < 4.78 is 6.17. The molecule has 1 saturated heterocycles. The molecule has 3 aromatic rings. The number of nitrogens with zero attached hydrogens (tertiary/aromatic N) is 5. The van der Waals surface area contributed by atoms with Gasteiger partial charge in [-0.25, -0.2) is 0 Å². The highest BCUT2D eigenvalue weighted by atomic mass is 16.5. The molecule has 0 spiro atoms. The Morgan fingerprint density at radius 2 is 1.87 bits per heavy atom. The van der Waals surface area contributed by atoms with Crippen LogP contribution in [0.2, 0.25) is 0 Å². The van der Waals surface area contributed by atoms with Gasteiger partial charge in [0.15, 0.2) is 0 Å². The molecule has 1 aromatic heterocycles. The second-order valence-electron chi connectivity index (χ2n) is 10.0. The number of fused-ring (bicyclic) bond motifs is 1. The summed E-state index contributed by atoms with van der Waals surface area (Å²) in [5.74, 6) is 0.886. The molecule has 0 saturated carbocycles. The lowest BCUT2D eigenvalue weighted by Gasteiger charge is -2.36. The van der Waals surface area contributed by atoms with Crippen LogP contribution in [0, 0.1) is 0 Å². The van der Waals surface area contributed by atoms with Crippen molar-refractivity contribution in [2.24, 2.45) is 0 Å². The van der Waals surface area contributed by atoms with E-state index in [9.17, 15) is 4.79 Å². The number of hydrogen-bond acceptors (Lipinski definition) is 7. The van der Waals surface area contributed by atoms with Gasteiger partial charge in [0.05, 0.1) is 5.69 Å². The number of rotatable bonds is 11. The van der Waals surface area contributed by atoms with Crippen molar-refractivity contribution in [3.63, 3.8) is 0 Å². The molecule has 2 heterocycles. The van der Waals surface area contributed by atoms with E-state index in [1.54, 1.807) is 0 Å². The number of aromatic nitrogens is 2. The third kappa shape index (κ3) is 6.61. The number of carbonyl (C=O) groups excluding carboxylic acids is 1. The Kier molecular flexibility index (Phi) is 9.18. The van der Waals surface area contributed by atoms with Gasteiger partial charge in [-0.3, -0.25) is 4.79 Å². The van der Waals surface area contributed by atoms with E-state index >= 15 is 0 Å². The van der Waals surface area contributed by atoms with Gasteiger partial charge in [0.1, 0.15) is 11.9 Å². The SMILES string of the molecule is C=CC(=O)N1CCN(c2nc(O[C@H](C)CN(C)C)nc(CC)c2CCNc2cccc3ccccc23)CC1. The van der Waals surface area contributed by atoms with Crippen LogP contribution >= 0.6 is 0 Å². The minimum Gasteiger partial charge on any atom is -0.459 e. The number of aryl methyl sites for hydroxylation is 1. The van der Waals surface area contributed by atoms with E-state index in [1.165, 1.54) is 16.8 Å². The molecule has 1 N–H and O–H groups in total. The van der Waals surface area contributed by atoms with E-state index in [2.05, 4.69) is 71.1 Å². The lowest BCUT2D eigenvalue weighted by molar-refractivity contribution is -0.126. The van der Waals surface area contributed by atoms with E-state index in [0.29, 0.717) is 32.2 Å². The number of nitrogens with one attached hydrogen (secondary N) is 1. The van der Waals surface area contributed by atoms with Gasteiger partial charge < -0.3 is 24.8 Å². The molecule has 0 unspecified atom stereocenters. The van der Waals surface area contributed by atoms with E-state index in [-0.39, 0.29) is 12.0 Å². The maximum Gasteiger partial charge on any atom is 0.318 e. The molecule has 8 nitrogen and oxygen atoms in total. The van der Waals surface area contributed by atoms with Crippen LogP contribution in [-0.2, 0) is 17.6 Å². The topological polar surface area (TPSA) is 73.8 Å². The number of piperazine rings is 1. The second-order valence-corrected chi connectivity index (χ2v) is 10.0. The van der Waals surface area contributed by atoms with E-state index < -0.39 is 0 Å². The van der Waals surface area contributed by atoms with Gasteiger partial charge in [-0.05, 0) is 51.4 Å². The highest BCUT2D eigenvalue weighted by Gasteiger charge is 2.25. The van der Waals surface area contributed by atoms with Gasteiger partial charge in [0, 0.05) is 55.9 Å². The highest BCUT2D eigenvalue weighted by molar-refractivity contribution is 5.93. The first-order valence-electron chi connectivity index (χ1n) is 13.5. The van der Waals surface area contributed by atoms with Gasteiger partial charge in [0.25, 0.3) is 0 Å². The molecule has 1 aliphatic rings. The lowest BCUT2D eigenvalue weighted by Crippen LogP contribution is -2.49. The number of benzene rings is 2. The Bertz CT molecular complexity index is 1250. The van der Waals surface area contributed by atoms with Crippen LogP contribution in [0.25, 0.3) is 10.8 Å². The summed E-state index contributed by atoms with van der Waals surface area (Å²) in [5.41, 5.74) is 3.26. The number of likely N-dealkylation sites (N-methyl/N-ethyl adjacent to an activating group) is 1. The zero-order chi connectivity index (χ0) is 27.1. The Labute approximate surface area is 226 Å². The maximum absolute atomic E-state index is 12.1. The smallest absolute Gasteiger partial charge is 0.318 e. The molecule has 1 aliphatic heterocycles. The van der Waals surface area contributed by atoms with Gasteiger partial charge in [0.2, 0.25) is 5.91 Å². The van der Waals surface area contributed by atoms with E-state index in [1.807, 2.05) is 25.9 Å². The minimum absolute atomic E-state index is 0.0253. The van der Waals surface area contributed by atoms with Gasteiger partial charge in [-0.1, -0.05) is 49.9 Å². The van der Waals surface area contributed by atoms with Crippen LogP contribution in [0.4, 0.5) is 11.5 Å². The maximum atomic E-state index is 12.1. The summed E-state index contributed by atoms with van der Waals surface area (Å²) >= 11 is 0. The molecular weight excluding hydrogens is 476 g/mol. The van der Waals surface area contributed by atoms with Gasteiger partial charge >= 0.3 is 6.01 Å². The standard InChI is InChI=1S/C30H40N6O2/c1-6-26-25(15-16-31-27-14-10-12-23-11-8-9-13-24(23)27)29(33-30(32-26)38-22(3)21-34(4)5)36-19-17-35(18-20-36)28(37)7-2/h7-14,22,31H,2,6,15-21H2,1,3-5H3/t22-/m1/s1. The molecule has 0 bridgehead atoms. The van der Waals surface area contributed by atoms with Crippen molar-refractivity contribution in [2.75, 3.05) is 63.6 Å². The van der Waals surface area contributed by atoms with Crippen LogP contribution in [0.1, 0.15) is 25.1 Å². The molecule has 4 rings (SSSR count). The van der Waals surface area contributed by atoms with Gasteiger partial charge in [-0.2, -0.15) is 9.97 Å². The highest BCUT2D eigenvalue weighted by Crippen LogP contribution is 2.28. The summed E-state index contributed by atoms with van der Waals surface area (Å²) in [4.78, 5) is 28.1. The molecule has 1 amide bonds. The molecule has 0 radical (unpaired) electrons. The first-order chi connectivity index (χ1) is 18.4. The van der Waals surface area contributed by atoms with Crippen LogP contribution in [0.5, 0.6) is 6.01 Å². The number of anilines is 2. The normalized spacial score (nSPS) is 14.6. The van der Waals surface area contributed by atoms with E-state index in [0.717, 1.165) is 48.7 Å². The van der Waals surface area contributed by atoms with Crippen LogP contribution in [0.3, 0.4) is 0 Å². The van der Waals surface area contributed by atoms with Crippen LogP contribution < -0.4 is 15.0 Å². The van der Waals surface area contributed by atoms with Gasteiger partial charge in [-0.15, -0.1) is 0 Å². The van der Waals surface area contributed by atoms with Crippen molar-refractivity contribution in [1.29, 1.82) is 0 Å².